The van der Waals surface area contributed by atoms with Crippen molar-refractivity contribution in [3.63, 3.8) is 0 Å². The van der Waals surface area contributed by atoms with E-state index in [4.69, 9.17) is 4.74 Å². The predicted molar refractivity (Wildman–Crippen MR) is 86.2 cm³/mol. The molecule has 0 radical (unpaired) electrons. The molecule has 0 aromatic carbocycles. The molecule has 2 unspecified atom stereocenters. The van der Waals surface area contributed by atoms with Crippen LogP contribution in [0, 0.1) is 10.8 Å². The molecule has 0 amide bonds. The van der Waals surface area contributed by atoms with Crippen LogP contribution >= 0.6 is 0 Å². The largest absolute Gasteiger partial charge is 0.444 e. The highest BCUT2D eigenvalue weighted by atomic mass is 16.7. The average Bonchev–Trinajstić information content (AvgIpc) is 2.95. The molecular formula is C17H33NO3. The van der Waals surface area contributed by atoms with Crippen LogP contribution in [0.4, 0.5) is 0 Å². The van der Waals surface area contributed by atoms with Crippen molar-refractivity contribution < 1.29 is 14.3 Å². The lowest BCUT2D eigenvalue weighted by molar-refractivity contribution is -0.126. The van der Waals surface area contributed by atoms with E-state index in [1.54, 1.807) is 6.92 Å². The van der Waals surface area contributed by atoms with E-state index in [-0.39, 0.29) is 28.6 Å². The van der Waals surface area contributed by atoms with Crippen LogP contribution in [0.15, 0.2) is 0 Å². The highest BCUT2D eigenvalue weighted by molar-refractivity contribution is 5.92. The highest BCUT2D eigenvalue weighted by Crippen LogP contribution is 2.42. The molecule has 21 heavy (non-hydrogen) atoms. The first kappa shape index (κ1) is 20.1. The van der Waals surface area contributed by atoms with E-state index in [9.17, 15) is 9.59 Å². The molecule has 1 aliphatic heterocycles. The van der Waals surface area contributed by atoms with E-state index >= 15 is 0 Å². The third-order valence-electron chi connectivity index (χ3n) is 4.44. The lowest BCUT2D eigenvalue weighted by Gasteiger charge is -2.39. The van der Waals surface area contributed by atoms with Crippen molar-refractivity contribution in [2.75, 3.05) is 7.05 Å². The van der Waals surface area contributed by atoms with E-state index in [1.807, 2.05) is 41.7 Å². The van der Waals surface area contributed by atoms with Gasteiger partial charge in [-0.2, -0.15) is 0 Å². The number of nitrogens with one attached hydrogen (secondary N) is 1. The Labute approximate surface area is 130 Å². The Morgan fingerprint density at radius 1 is 1.29 bits per heavy atom. The zero-order valence-corrected chi connectivity index (χ0v) is 15.2. The van der Waals surface area contributed by atoms with Crippen LogP contribution in [-0.2, 0) is 14.3 Å². The second kappa shape index (κ2) is 6.91. The normalized spacial score (nSPS) is 22.8. The molecule has 0 spiro atoms. The Morgan fingerprint density at radius 3 is 2.00 bits per heavy atom. The second-order valence-electron chi connectivity index (χ2n) is 7.27. The van der Waals surface area contributed by atoms with E-state index < -0.39 is 5.60 Å². The van der Waals surface area contributed by atoms with Crippen molar-refractivity contribution in [3.8, 4) is 0 Å². The highest BCUT2D eigenvalue weighted by Gasteiger charge is 2.56. The van der Waals surface area contributed by atoms with Gasteiger partial charge in [-0.05, 0) is 32.7 Å². The molecule has 1 saturated heterocycles. The fourth-order valence-corrected chi connectivity index (χ4v) is 2.85. The summed E-state index contributed by atoms with van der Waals surface area (Å²) in [7, 11) is 1.89. The molecule has 124 valence electrons. The SMILES string of the molecule is CC.CNC(CC1(C)OC1=O)C(C)(C)CC(C)(C)C(C)=O. The van der Waals surface area contributed by atoms with Crippen LogP contribution in [0.3, 0.4) is 0 Å². The quantitative estimate of drug-likeness (QED) is 0.733. The van der Waals surface area contributed by atoms with Crippen LogP contribution in [0.5, 0.6) is 0 Å². The summed E-state index contributed by atoms with van der Waals surface area (Å²) in [4.78, 5) is 23.0. The zero-order chi connectivity index (χ0) is 17.1. The van der Waals surface area contributed by atoms with E-state index in [0.717, 1.165) is 6.42 Å². The molecule has 4 heteroatoms. The van der Waals surface area contributed by atoms with E-state index in [0.29, 0.717) is 6.42 Å². The maximum absolute atomic E-state index is 11.7. The summed E-state index contributed by atoms with van der Waals surface area (Å²) in [5, 5.41) is 3.28. The minimum Gasteiger partial charge on any atom is -0.444 e. The van der Waals surface area contributed by atoms with Crippen LogP contribution in [0.2, 0.25) is 0 Å². The van der Waals surface area contributed by atoms with Crippen molar-refractivity contribution in [1.82, 2.24) is 5.32 Å². The van der Waals surface area contributed by atoms with Gasteiger partial charge in [-0.3, -0.25) is 4.79 Å². The van der Waals surface area contributed by atoms with Gasteiger partial charge in [0, 0.05) is 17.9 Å². The molecule has 0 aromatic heterocycles. The molecule has 1 N–H and O–H groups in total. The Kier molecular flexibility index (Phi) is 6.61. The van der Waals surface area contributed by atoms with Crippen molar-refractivity contribution in [2.45, 2.75) is 79.9 Å². The summed E-state index contributed by atoms with van der Waals surface area (Å²) >= 11 is 0. The number of hydrogen-bond acceptors (Lipinski definition) is 4. The third-order valence-corrected chi connectivity index (χ3v) is 4.44. The number of rotatable bonds is 7. The van der Waals surface area contributed by atoms with Crippen molar-refractivity contribution >= 4 is 11.8 Å². The van der Waals surface area contributed by atoms with Gasteiger partial charge in [-0.25, -0.2) is 4.79 Å². The fraction of sp³-hybridized carbons (Fsp3) is 0.882. The van der Waals surface area contributed by atoms with Crippen molar-refractivity contribution in [1.29, 1.82) is 0 Å². The van der Waals surface area contributed by atoms with Crippen LogP contribution < -0.4 is 5.32 Å². The smallest absolute Gasteiger partial charge is 0.351 e. The summed E-state index contributed by atoms with van der Waals surface area (Å²) < 4.78 is 5.06. The topological polar surface area (TPSA) is 58.7 Å². The van der Waals surface area contributed by atoms with Gasteiger partial charge in [0.25, 0.3) is 0 Å². The van der Waals surface area contributed by atoms with Gasteiger partial charge < -0.3 is 10.1 Å². The molecule has 0 aliphatic carbocycles. The molecule has 0 bridgehead atoms. The van der Waals surface area contributed by atoms with E-state index in [1.165, 1.54) is 0 Å². The maximum atomic E-state index is 11.7. The van der Waals surface area contributed by atoms with Gasteiger partial charge in [0.1, 0.15) is 5.78 Å². The number of carbonyl (C=O) groups excluding carboxylic acids is 2. The minimum atomic E-state index is -0.634. The number of Topliss-reactive ketones (excluding diaryl/α,β-unsaturated/α-hetero) is 1. The maximum Gasteiger partial charge on any atom is 0.351 e. The van der Waals surface area contributed by atoms with Crippen molar-refractivity contribution in [2.24, 2.45) is 10.8 Å². The fourth-order valence-electron chi connectivity index (χ4n) is 2.85. The molecule has 0 saturated carbocycles. The molecular weight excluding hydrogens is 266 g/mol. The minimum absolute atomic E-state index is 0.0981. The molecule has 1 heterocycles. The van der Waals surface area contributed by atoms with Crippen LogP contribution in [-0.4, -0.2) is 30.4 Å². The standard InChI is InChI=1S/C15H27NO3.C2H6/c1-10(17)13(2,3)9-14(4,5)11(16-7)8-15(6)12(18)19-15;1-2/h11,16H,8-9H2,1-7H3;1-2H3. The Hall–Kier alpha value is -0.900. The molecule has 2 atom stereocenters. The molecule has 0 aromatic rings. The Bertz CT molecular complexity index is 387. The number of ether oxygens (including phenoxy) is 1. The number of epoxide rings is 1. The summed E-state index contributed by atoms with van der Waals surface area (Å²) in [6.07, 6.45) is 1.41. The number of cyclic esters (lactones) is 1. The van der Waals surface area contributed by atoms with Gasteiger partial charge in [-0.1, -0.05) is 41.5 Å². The van der Waals surface area contributed by atoms with Crippen LogP contribution in [0.1, 0.15) is 68.2 Å². The first-order valence-electron chi connectivity index (χ1n) is 7.86. The summed E-state index contributed by atoms with van der Waals surface area (Å²) in [6.45, 7) is 15.7. The van der Waals surface area contributed by atoms with Gasteiger partial charge >= 0.3 is 5.97 Å². The second-order valence-corrected chi connectivity index (χ2v) is 7.27. The lowest BCUT2D eigenvalue weighted by Crippen LogP contribution is -2.46. The Morgan fingerprint density at radius 2 is 1.71 bits per heavy atom. The molecule has 1 rings (SSSR count). The number of ketones is 1. The first-order chi connectivity index (χ1) is 9.44. The monoisotopic (exact) mass is 299 g/mol. The molecule has 1 aliphatic rings. The average molecular weight is 299 g/mol. The zero-order valence-electron chi connectivity index (χ0n) is 15.2. The lowest BCUT2D eigenvalue weighted by atomic mass is 9.68. The van der Waals surface area contributed by atoms with Gasteiger partial charge in [0.15, 0.2) is 0 Å². The summed E-state index contributed by atoms with van der Waals surface area (Å²) in [5.41, 5.74) is -1.08. The molecule has 4 nitrogen and oxygen atoms in total. The van der Waals surface area contributed by atoms with Gasteiger partial charge in [0.05, 0.1) is 0 Å². The van der Waals surface area contributed by atoms with Crippen LogP contribution in [0.25, 0.3) is 0 Å². The first-order valence-corrected chi connectivity index (χ1v) is 7.86. The number of carbonyl (C=O) groups is 2. The van der Waals surface area contributed by atoms with Gasteiger partial charge in [-0.15, -0.1) is 0 Å². The Balaban J connectivity index is 0.00000191. The summed E-state index contributed by atoms with van der Waals surface area (Å²) in [5.74, 6) is 0.0646. The van der Waals surface area contributed by atoms with E-state index in [2.05, 4.69) is 19.2 Å². The van der Waals surface area contributed by atoms with Gasteiger partial charge in [0.2, 0.25) is 5.60 Å². The summed E-state index contributed by atoms with van der Waals surface area (Å²) in [6, 6.07) is 0.127. The third kappa shape index (κ3) is 5.10. The van der Waals surface area contributed by atoms with Crippen molar-refractivity contribution in [3.05, 3.63) is 0 Å². The number of hydrogen-bond donors (Lipinski definition) is 1. The predicted octanol–water partition coefficient (Wildman–Crippen LogP) is 3.34. The molecule has 1 fully saturated rings.